The van der Waals surface area contributed by atoms with Gasteiger partial charge in [0.15, 0.2) is 10.8 Å². The van der Waals surface area contributed by atoms with Gasteiger partial charge in [-0.3, -0.25) is 4.79 Å². The molecule has 1 aliphatic rings. The molecule has 1 aliphatic heterocycles. The minimum atomic E-state index is -0.438. The van der Waals surface area contributed by atoms with Gasteiger partial charge in [-0.2, -0.15) is 5.10 Å². The van der Waals surface area contributed by atoms with Crippen molar-refractivity contribution in [2.24, 2.45) is 0 Å². The largest absolute Gasteiger partial charge is 0.457 e. The molecule has 3 heterocycles. The number of rotatable bonds is 10. The Bertz CT molecular complexity index is 1330. The van der Waals surface area contributed by atoms with E-state index in [1.54, 1.807) is 25.1 Å². The number of aromatic nitrogens is 4. The van der Waals surface area contributed by atoms with Gasteiger partial charge >= 0.3 is 0 Å². The van der Waals surface area contributed by atoms with Crippen LogP contribution in [-0.2, 0) is 16.1 Å². The maximum absolute atomic E-state index is 13.4. The molecule has 4 aromatic rings. The molecule has 36 heavy (non-hydrogen) atoms. The Morgan fingerprint density at radius 3 is 2.50 bits per heavy atom. The second-order valence-corrected chi connectivity index (χ2v) is 9.45. The van der Waals surface area contributed by atoms with Crippen LogP contribution in [0.1, 0.15) is 24.0 Å². The summed E-state index contributed by atoms with van der Waals surface area (Å²) in [6.07, 6.45) is 1.76. The van der Waals surface area contributed by atoms with Crippen molar-refractivity contribution in [2.45, 2.75) is 24.5 Å². The zero-order valence-electron chi connectivity index (χ0n) is 20.2. The Labute approximate surface area is 213 Å². The second-order valence-electron chi connectivity index (χ2n) is 8.21. The van der Waals surface area contributed by atoms with Crippen molar-refractivity contribution in [1.82, 2.24) is 25.1 Å². The lowest BCUT2D eigenvalue weighted by atomic mass is 9.87. The minimum absolute atomic E-state index is 0.0755. The van der Waals surface area contributed by atoms with Gasteiger partial charge in [0, 0.05) is 31.3 Å². The Balaban J connectivity index is 1.34. The van der Waals surface area contributed by atoms with Gasteiger partial charge in [0.1, 0.15) is 17.3 Å². The normalized spacial score (nSPS) is 12.6. The fourth-order valence-corrected chi connectivity index (χ4v) is 4.84. The van der Waals surface area contributed by atoms with E-state index < -0.39 is 5.92 Å². The number of ether oxygens (including phenoxy) is 2. The third-order valence-electron chi connectivity index (χ3n) is 5.91. The molecule has 10 heteroatoms. The summed E-state index contributed by atoms with van der Waals surface area (Å²) >= 11 is 1.57. The van der Waals surface area contributed by atoms with Crippen LogP contribution in [0.15, 0.2) is 59.9 Å². The number of para-hydroxylation sites is 2. The van der Waals surface area contributed by atoms with E-state index in [4.69, 9.17) is 14.5 Å². The average molecular weight is 505 g/mol. The van der Waals surface area contributed by atoms with Crippen molar-refractivity contribution >= 4 is 34.5 Å². The van der Waals surface area contributed by atoms with Crippen LogP contribution in [0.25, 0.3) is 11.0 Å². The lowest BCUT2D eigenvalue weighted by molar-refractivity contribution is -0.121. The third kappa shape index (κ3) is 4.87. The van der Waals surface area contributed by atoms with Crippen LogP contribution in [-0.4, -0.2) is 58.2 Å². The maximum atomic E-state index is 13.4. The van der Waals surface area contributed by atoms with Crippen LogP contribution >= 0.6 is 11.8 Å². The average Bonchev–Trinajstić information content (AvgIpc) is 3.30. The molecule has 0 spiro atoms. The van der Waals surface area contributed by atoms with Crippen molar-refractivity contribution in [2.75, 3.05) is 37.9 Å². The van der Waals surface area contributed by atoms with Crippen molar-refractivity contribution in [1.29, 1.82) is 0 Å². The predicted molar refractivity (Wildman–Crippen MR) is 140 cm³/mol. The number of thioether (sulfide) groups is 1. The summed E-state index contributed by atoms with van der Waals surface area (Å²) in [7, 11) is 1.67. The number of hydrogen-bond acceptors (Lipinski definition) is 8. The SMILES string of the molecule is CCSc1nc(NCCOC)c2cnn(CCNC(=O)C3c4ccccc4Oc4ccccc43)c2n1. The molecule has 0 radical (unpaired) electrons. The molecule has 0 unspecified atom stereocenters. The predicted octanol–water partition coefficient (Wildman–Crippen LogP) is 4.05. The Kier molecular flexibility index (Phi) is 7.33. The summed E-state index contributed by atoms with van der Waals surface area (Å²) in [5, 5.41) is 12.5. The smallest absolute Gasteiger partial charge is 0.232 e. The third-order valence-corrected chi connectivity index (χ3v) is 6.64. The van der Waals surface area contributed by atoms with Crippen LogP contribution in [0.4, 0.5) is 5.82 Å². The number of anilines is 1. The van der Waals surface area contributed by atoms with Gasteiger partial charge < -0.3 is 20.1 Å². The lowest BCUT2D eigenvalue weighted by Crippen LogP contribution is -2.33. The van der Waals surface area contributed by atoms with Gasteiger partial charge in [0.05, 0.1) is 30.7 Å². The van der Waals surface area contributed by atoms with E-state index in [1.165, 1.54) is 0 Å². The van der Waals surface area contributed by atoms with Gasteiger partial charge in [0.25, 0.3) is 0 Å². The standard InChI is InChI=1S/C26H28N6O3S/c1-3-36-26-30-23(27-13-15-34-2)19-16-29-32(24(19)31-26)14-12-28-25(33)22-17-8-4-6-10-20(17)35-21-11-7-5-9-18(21)22/h4-11,16,22H,3,12-15H2,1-2H3,(H,28,33)(H,27,30,31). The number of nitrogens with one attached hydrogen (secondary N) is 2. The highest BCUT2D eigenvalue weighted by atomic mass is 32.2. The summed E-state index contributed by atoms with van der Waals surface area (Å²) in [6.45, 7) is 4.15. The summed E-state index contributed by atoms with van der Waals surface area (Å²) in [6, 6.07) is 15.4. The molecule has 186 valence electrons. The highest BCUT2D eigenvalue weighted by molar-refractivity contribution is 7.99. The van der Waals surface area contributed by atoms with E-state index >= 15 is 0 Å². The molecule has 0 fully saturated rings. The van der Waals surface area contributed by atoms with Crippen LogP contribution in [0.3, 0.4) is 0 Å². The molecular weight excluding hydrogens is 476 g/mol. The van der Waals surface area contributed by atoms with Gasteiger partial charge in [-0.15, -0.1) is 0 Å². The first-order chi connectivity index (χ1) is 17.7. The summed E-state index contributed by atoms with van der Waals surface area (Å²) in [5.41, 5.74) is 2.45. The van der Waals surface area contributed by atoms with E-state index in [-0.39, 0.29) is 5.91 Å². The van der Waals surface area contributed by atoms with Crippen LogP contribution in [0, 0.1) is 0 Å². The fourth-order valence-electron chi connectivity index (χ4n) is 4.28. The molecule has 0 saturated heterocycles. The Morgan fingerprint density at radius 2 is 1.81 bits per heavy atom. The molecule has 9 nitrogen and oxygen atoms in total. The van der Waals surface area contributed by atoms with Crippen molar-refractivity contribution < 1.29 is 14.3 Å². The van der Waals surface area contributed by atoms with E-state index in [2.05, 4.69) is 27.6 Å². The van der Waals surface area contributed by atoms with Gasteiger partial charge in [-0.1, -0.05) is 55.1 Å². The number of hydrogen-bond donors (Lipinski definition) is 2. The topological polar surface area (TPSA) is 103 Å². The van der Waals surface area contributed by atoms with Crippen molar-refractivity contribution in [3.8, 4) is 11.5 Å². The number of benzene rings is 2. The van der Waals surface area contributed by atoms with Gasteiger partial charge in [-0.25, -0.2) is 14.6 Å². The molecular formula is C26H28N6O3S. The van der Waals surface area contributed by atoms with E-state index in [0.29, 0.717) is 42.9 Å². The summed E-state index contributed by atoms with van der Waals surface area (Å²) < 4.78 is 13.0. The van der Waals surface area contributed by atoms with Crippen molar-refractivity contribution in [3.63, 3.8) is 0 Å². The maximum Gasteiger partial charge on any atom is 0.232 e. The zero-order chi connectivity index (χ0) is 24.9. The van der Waals surface area contributed by atoms with Crippen LogP contribution in [0.5, 0.6) is 11.5 Å². The number of carbonyl (C=O) groups is 1. The van der Waals surface area contributed by atoms with Gasteiger partial charge in [-0.05, 0) is 17.9 Å². The molecule has 2 aromatic carbocycles. The molecule has 0 bridgehead atoms. The number of carbonyl (C=O) groups excluding carboxylic acids is 1. The monoisotopic (exact) mass is 504 g/mol. The summed E-state index contributed by atoms with van der Waals surface area (Å²) in [4.78, 5) is 22.8. The molecule has 2 aromatic heterocycles. The second kappa shape index (κ2) is 11.0. The highest BCUT2D eigenvalue weighted by Gasteiger charge is 2.32. The van der Waals surface area contributed by atoms with E-state index in [1.807, 2.05) is 53.2 Å². The number of amides is 1. The van der Waals surface area contributed by atoms with E-state index in [9.17, 15) is 4.79 Å². The zero-order valence-corrected chi connectivity index (χ0v) is 21.0. The van der Waals surface area contributed by atoms with Crippen LogP contribution in [0.2, 0.25) is 0 Å². The number of methoxy groups -OCH3 is 1. The fraction of sp³-hybridized carbons (Fsp3) is 0.308. The molecule has 0 saturated carbocycles. The molecule has 0 atom stereocenters. The Morgan fingerprint density at radius 1 is 1.08 bits per heavy atom. The molecule has 1 amide bonds. The number of fused-ring (bicyclic) bond motifs is 3. The van der Waals surface area contributed by atoms with Crippen molar-refractivity contribution in [3.05, 3.63) is 65.9 Å². The minimum Gasteiger partial charge on any atom is -0.457 e. The lowest BCUT2D eigenvalue weighted by Gasteiger charge is -2.27. The molecule has 0 aliphatic carbocycles. The first kappa shape index (κ1) is 24.1. The highest BCUT2D eigenvalue weighted by Crippen LogP contribution is 2.43. The number of nitrogens with zero attached hydrogens (tertiary/aromatic N) is 4. The van der Waals surface area contributed by atoms with Crippen LogP contribution < -0.4 is 15.4 Å². The van der Waals surface area contributed by atoms with Gasteiger partial charge in [0.2, 0.25) is 5.91 Å². The summed E-state index contributed by atoms with van der Waals surface area (Å²) in [5.74, 6) is 2.50. The first-order valence-electron chi connectivity index (χ1n) is 11.9. The molecule has 2 N–H and O–H groups in total. The first-order valence-corrected chi connectivity index (χ1v) is 12.9. The quantitative estimate of drug-likeness (QED) is 0.189. The van der Waals surface area contributed by atoms with E-state index in [0.717, 1.165) is 33.7 Å². The molecule has 5 rings (SSSR count). The Hall–Kier alpha value is -3.63.